The van der Waals surface area contributed by atoms with E-state index in [1.165, 1.54) is 25.0 Å². The molecule has 2 heterocycles. The molecule has 0 radical (unpaired) electrons. The van der Waals surface area contributed by atoms with Crippen LogP contribution in [0, 0.1) is 0 Å². The molecule has 12 heteroatoms. The van der Waals surface area contributed by atoms with Crippen LogP contribution in [-0.4, -0.2) is 55.2 Å². The van der Waals surface area contributed by atoms with Crippen LogP contribution in [0.15, 0.2) is 36.4 Å². The zero-order valence-corrected chi connectivity index (χ0v) is 19.3. The Labute approximate surface area is 201 Å². The molecule has 0 aliphatic carbocycles. The Morgan fingerprint density at radius 1 is 1.18 bits per heavy atom. The number of alkyl halides is 2. The molecule has 0 saturated carbocycles. The third kappa shape index (κ3) is 4.20. The lowest BCUT2D eigenvalue weighted by Crippen LogP contribution is -2.52. The molecule has 174 valence electrons. The molecule has 4 amide bonds. The molecule has 1 atom stereocenters. The number of hydrogen-bond donors (Lipinski definition) is 1. The van der Waals surface area contributed by atoms with Crippen molar-refractivity contribution in [3.8, 4) is 0 Å². The Balaban J connectivity index is 1.53. The molecule has 2 aliphatic heterocycles. The van der Waals surface area contributed by atoms with Gasteiger partial charge in [-0.3, -0.25) is 24.5 Å². The fourth-order valence-electron chi connectivity index (χ4n) is 4.36. The molecule has 0 aromatic heterocycles. The van der Waals surface area contributed by atoms with Gasteiger partial charge < -0.3 is 9.71 Å². The number of piperidine rings is 1. The molecule has 0 bridgehead atoms. The number of imide groups is 1. The van der Waals surface area contributed by atoms with Gasteiger partial charge >= 0.3 is 5.92 Å². The molecule has 7 nitrogen and oxygen atoms in total. The Hall–Kier alpha value is -3.20. The second-order valence-electron chi connectivity index (χ2n) is 8.52. The summed E-state index contributed by atoms with van der Waals surface area (Å²) < 4.78 is 29.6. The van der Waals surface area contributed by atoms with Gasteiger partial charge in [0.05, 0.1) is 0 Å². The third-order valence-electron chi connectivity index (χ3n) is 6.35. The van der Waals surface area contributed by atoms with Gasteiger partial charge in [-0.15, -0.1) is 0 Å². The maximum atomic E-state index is 14.8. The van der Waals surface area contributed by atoms with Crippen molar-refractivity contribution in [2.75, 3.05) is 0 Å². The Morgan fingerprint density at radius 2 is 1.85 bits per heavy atom. The summed E-state index contributed by atoms with van der Waals surface area (Å²) in [5.74, 6) is -6.30. The minimum absolute atomic E-state index is 0.0896. The predicted octanol–water partition coefficient (Wildman–Crippen LogP) is 0.0281. The molecule has 0 spiro atoms. The number of rotatable bonds is 5. The number of amides is 4. The molecule has 34 heavy (non-hydrogen) atoms. The van der Waals surface area contributed by atoms with Crippen LogP contribution in [0.4, 0.5) is 8.78 Å². The normalized spacial score (nSPS) is 18.0. The average Bonchev–Trinajstić information content (AvgIpc) is 3.12. The van der Waals surface area contributed by atoms with Gasteiger partial charge in [-0.2, -0.15) is 8.78 Å². The summed E-state index contributed by atoms with van der Waals surface area (Å²) in [6.07, 6.45) is 0.392. The Morgan fingerprint density at radius 3 is 2.50 bits per heavy atom. The predicted molar refractivity (Wildman–Crippen MR) is 125 cm³/mol. The van der Waals surface area contributed by atoms with Gasteiger partial charge in [0.15, 0.2) is 0 Å². The molecule has 1 N–H and O–H groups in total. The summed E-state index contributed by atoms with van der Waals surface area (Å²) in [7, 11) is 3.05. The SMILES string of the molecule is Bc1c(CN(B)C(=O)C(F)(F)c2ccc(Cl)cc2)ccc2c1CN(C1CCC(=O)NC1=O)C2=O. The number of benzene rings is 2. The van der Waals surface area contributed by atoms with Gasteiger partial charge in [0.1, 0.15) is 13.9 Å². The van der Waals surface area contributed by atoms with Crippen molar-refractivity contribution in [1.82, 2.24) is 15.0 Å². The van der Waals surface area contributed by atoms with Crippen LogP contribution >= 0.6 is 11.6 Å². The highest BCUT2D eigenvalue weighted by molar-refractivity contribution is 6.35. The zero-order chi connectivity index (χ0) is 24.8. The van der Waals surface area contributed by atoms with E-state index in [-0.39, 0.29) is 42.8 Å². The quantitative estimate of drug-likeness (QED) is 0.478. The first kappa shape index (κ1) is 23.9. The van der Waals surface area contributed by atoms with E-state index in [4.69, 9.17) is 11.6 Å². The highest BCUT2D eigenvalue weighted by Crippen LogP contribution is 2.32. The number of carbonyl (C=O) groups excluding carboxylic acids is 4. The first-order chi connectivity index (χ1) is 16.0. The van der Waals surface area contributed by atoms with Crippen LogP contribution in [0.2, 0.25) is 5.02 Å². The van der Waals surface area contributed by atoms with Crippen molar-refractivity contribution in [3.63, 3.8) is 0 Å². The van der Waals surface area contributed by atoms with E-state index in [1.54, 1.807) is 20.0 Å². The summed E-state index contributed by atoms with van der Waals surface area (Å²) in [5, 5.41) is 2.54. The van der Waals surface area contributed by atoms with E-state index >= 15 is 0 Å². The molecule has 2 aromatic rings. The molecule has 1 saturated heterocycles. The van der Waals surface area contributed by atoms with Crippen LogP contribution in [0.1, 0.15) is 39.9 Å². The van der Waals surface area contributed by atoms with Crippen molar-refractivity contribution in [3.05, 3.63) is 63.7 Å². The molecule has 4 rings (SSSR count). The van der Waals surface area contributed by atoms with Crippen LogP contribution in [0.3, 0.4) is 0 Å². The second-order valence-corrected chi connectivity index (χ2v) is 8.95. The van der Waals surface area contributed by atoms with E-state index in [2.05, 4.69) is 5.32 Å². The number of nitrogens with one attached hydrogen (secondary N) is 1. The summed E-state index contributed by atoms with van der Waals surface area (Å²) in [6.45, 7) is 0.0758. The zero-order valence-electron chi connectivity index (χ0n) is 18.5. The molecule has 1 unspecified atom stereocenters. The third-order valence-corrected chi connectivity index (χ3v) is 6.60. The molecule has 1 fully saturated rings. The number of carbonyl (C=O) groups is 4. The first-order valence-corrected chi connectivity index (χ1v) is 11.0. The number of nitrogens with zero attached hydrogens (tertiary/aromatic N) is 2. The summed E-state index contributed by atoms with van der Waals surface area (Å²) >= 11 is 5.75. The lowest BCUT2D eigenvalue weighted by Gasteiger charge is -2.29. The van der Waals surface area contributed by atoms with Gasteiger partial charge in [0.2, 0.25) is 19.8 Å². The molecule has 2 aliphatic rings. The van der Waals surface area contributed by atoms with Crippen molar-refractivity contribution in [1.29, 1.82) is 0 Å². The second kappa shape index (κ2) is 8.87. The highest BCUT2D eigenvalue weighted by Gasteiger charge is 2.43. The summed E-state index contributed by atoms with van der Waals surface area (Å²) in [6, 6.07) is 7.30. The smallest absolute Gasteiger partial charge is 0.348 e. The fraction of sp³-hybridized carbons (Fsp3) is 0.273. The van der Waals surface area contributed by atoms with E-state index in [9.17, 15) is 28.0 Å². The van der Waals surface area contributed by atoms with Crippen LogP contribution < -0.4 is 10.8 Å². The fourth-order valence-corrected chi connectivity index (χ4v) is 4.48. The van der Waals surface area contributed by atoms with Crippen molar-refractivity contribution in [2.24, 2.45) is 0 Å². The minimum Gasteiger partial charge on any atom is -0.384 e. The summed E-state index contributed by atoms with van der Waals surface area (Å²) in [5.41, 5.74) is 1.95. The maximum absolute atomic E-state index is 14.8. The summed E-state index contributed by atoms with van der Waals surface area (Å²) in [4.78, 5) is 51.5. The standard InChI is InChI=1S/C22H20B2ClF2N3O4/c23-18-11(9-30(24)21(34)22(26,27)12-2-4-13(25)5-3-12)1-6-14-15(18)10-29(20(14)33)16-7-8-17(31)28-19(16)32/h1-6,16H,7-10,23-24H2,(H,28,31,32). The number of hydrogen-bond acceptors (Lipinski definition) is 4. The van der Waals surface area contributed by atoms with Crippen LogP contribution in [0.5, 0.6) is 0 Å². The minimum atomic E-state index is -3.73. The van der Waals surface area contributed by atoms with Crippen molar-refractivity contribution in [2.45, 2.75) is 37.9 Å². The highest BCUT2D eigenvalue weighted by atomic mass is 35.5. The Bertz CT molecular complexity index is 1210. The van der Waals surface area contributed by atoms with Crippen molar-refractivity contribution >= 4 is 56.5 Å². The van der Waals surface area contributed by atoms with E-state index < -0.39 is 29.3 Å². The topological polar surface area (TPSA) is 86.8 Å². The lowest BCUT2D eigenvalue weighted by atomic mass is 9.83. The van der Waals surface area contributed by atoms with E-state index in [0.29, 0.717) is 22.2 Å². The van der Waals surface area contributed by atoms with Gasteiger partial charge in [-0.1, -0.05) is 35.3 Å². The average molecular weight is 485 g/mol. The molecule has 2 aromatic carbocycles. The van der Waals surface area contributed by atoms with E-state index in [1.807, 2.05) is 0 Å². The molecular formula is C22H20B2ClF2N3O4. The van der Waals surface area contributed by atoms with Gasteiger partial charge in [-0.25, -0.2) is 0 Å². The number of fused-ring (bicyclic) bond motifs is 1. The van der Waals surface area contributed by atoms with Crippen LogP contribution in [0.25, 0.3) is 0 Å². The largest absolute Gasteiger partial charge is 0.384 e. The first-order valence-electron chi connectivity index (χ1n) is 10.7. The monoisotopic (exact) mass is 485 g/mol. The van der Waals surface area contributed by atoms with Crippen LogP contribution in [-0.2, 0) is 33.4 Å². The maximum Gasteiger partial charge on any atom is 0.348 e. The lowest BCUT2D eigenvalue weighted by molar-refractivity contribution is -0.154. The van der Waals surface area contributed by atoms with Crippen molar-refractivity contribution < 1.29 is 28.0 Å². The van der Waals surface area contributed by atoms with Gasteiger partial charge in [0, 0.05) is 35.7 Å². The van der Waals surface area contributed by atoms with Gasteiger partial charge in [0.25, 0.3) is 11.8 Å². The molecular weight excluding hydrogens is 465 g/mol. The Kier molecular flexibility index (Phi) is 6.24. The number of halogens is 3. The van der Waals surface area contributed by atoms with E-state index in [0.717, 1.165) is 16.9 Å². The van der Waals surface area contributed by atoms with Gasteiger partial charge in [-0.05, 0) is 35.7 Å².